The van der Waals surface area contributed by atoms with Crippen LogP contribution < -0.4 is 5.32 Å². The van der Waals surface area contributed by atoms with Crippen molar-refractivity contribution in [1.29, 1.82) is 0 Å². The molecule has 0 radical (unpaired) electrons. The fourth-order valence-corrected chi connectivity index (χ4v) is 4.29. The number of hydrogen-bond acceptors (Lipinski definition) is 3. The fraction of sp³-hybridized carbons (Fsp3) is 0.688. The van der Waals surface area contributed by atoms with Crippen LogP contribution in [0.15, 0.2) is 0 Å². The second-order valence-electron chi connectivity index (χ2n) is 6.86. The van der Waals surface area contributed by atoms with Crippen molar-refractivity contribution < 1.29 is 9.53 Å². The maximum atomic E-state index is 12.0. The molecule has 3 nitrogen and oxygen atoms in total. The van der Waals surface area contributed by atoms with E-state index in [0.29, 0.717) is 0 Å². The zero-order chi connectivity index (χ0) is 14.3. The number of carbonyl (C=O) groups is 1. The van der Waals surface area contributed by atoms with Crippen molar-refractivity contribution in [2.45, 2.75) is 70.8 Å². The van der Waals surface area contributed by atoms with Gasteiger partial charge in [0.2, 0.25) is 0 Å². The molecule has 0 aliphatic heterocycles. The summed E-state index contributed by atoms with van der Waals surface area (Å²) in [6, 6.07) is 0. The van der Waals surface area contributed by atoms with Gasteiger partial charge in [0, 0.05) is 4.88 Å². The lowest BCUT2D eigenvalue weighted by Crippen LogP contribution is -2.27. The van der Waals surface area contributed by atoms with Crippen LogP contribution in [0.2, 0.25) is 0 Å². The van der Waals surface area contributed by atoms with E-state index in [9.17, 15) is 4.79 Å². The van der Waals surface area contributed by atoms with Gasteiger partial charge in [-0.1, -0.05) is 0 Å². The van der Waals surface area contributed by atoms with Crippen LogP contribution in [0.1, 0.15) is 68.4 Å². The summed E-state index contributed by atoms with van der Waals surface area (Å²) in [5.41, 5.74) is 2.48. The van der Waals surface area contributed by atoms with Crippen LogP contribution in [0, 0.1) is 0 Å². The molecule has 1 saturated carbocycles. The molecule has 1 aromatic rings. The Morgan fingerprint density at radius 2 is 1.85 bits per heavy atom. The van der Waals surface area contributed by atoms with Gasteiger partial charge in [0.25, 0.3) is 0 Å². The van der Waals surface area contributed by atoms with Crippen LogP contribution in [-0.4, -0.2) is 11.7 Å². The zero-order valence-electron chi connectivity index (χ0n) is 12.5. The third kappa shape index (κ3) is 3.00. The number of thiophene rings is 1. The van der Waals surface area contributed by atoms with Crippen molar-refractivity contribution in [2.75, 3.05) is 5.32 Å². The first-order chi connectivity index (χ1) is 9.44. The molecule has 1 fully saturated rings. The SMILES string of the molecule is CC(C)(C)OC(=O)Nc1sc(C2CC2)c2c1CCCC2. The van der Waals surface area contributed by atoms with Gasteiger partial charge >= 0.3 is 6.09 Å². The highest BCUT2D eigenvalue weighted by molar-refractivity contribution is 7.16. The largest absolute Gasteiger partial charge is 0.444 e. The Kier molecular flexibility index (Phi) is 3.53. The number of rotatable bonds is 2. The fourth-order valence-electron chi connectivity index (χ4n) is 2.83. The van der Waals surface area contributed by atoms with Crippen LogP contribution in [0.5, 0.6) is 0 Å². The molecular formula is C16H23NO2S. The number of nitrogens with one attached hydrogen (secondary N) is 1. The van der Waals surface area contributed by atoms with Gasteiger partial charge in [-0.2, -0.15) is 0 Å². The summed E-state index contributed by atoms with van der Waals surface area (Å²) >= 11 is 1.79. The molecule has 0 bridgehead atoms. The Hall–Kier alpha value is -1.03. The predicted molar refractivity (Wildman–Crippen MR) is 82.8 cm³/mol. The molecule has 1 amide bonds. The number of carbonyl (C=O) groups excluding carboxylic acids is 1. The highest BCUT2D eigenvalue weighted by Gasteiger charge is 2.32. The minimum Gasteiger partial charge on any atom is -0.444 e. The molecule has 3 rings (SSSR count). The second-order valence-corrected chi connectivity index (χ2v) is 7.91. The Labute approximate surface area is 124 Å². The zero-order valence-corrected chi connectivity index (χ0v) is 13.4. The monoisotopic (exact) mass is 293 g/mol. The lowest BCUT2D eigenvalue weighted by molar-refractivity contribution is 0.0636. The molecule has 0 spiro atoms. The van der Waals surface area contributed by atoms with Gasteiger partial charge in [-0.05, 0) is 76.3 Å². The Morgan fingerprint density at radius 3 is 2.45 bits per heavy atom. The number of ether oxygens (including phenoxy) is 1. The molecule has 0 aromatic carbocycles. The average molecular weight is 293 g/mol. The first-order valence-electron chi connectivity index (χ1n) is 7.58. The summed E-state index contributed by atoms with van der Waals surface area (Å²) in [5, 5.41) is 4.02. The Bertz CT molecular complexity index is 523. The maximum Gasteiger partial charge on any atom is 0.412 e. The summed E-state index contributed by atoms with van der Waals surface area (Å²) in [6.07, 6.45) is 7.12. The number of hydrogen-bond donors (Lipinski definition) is 1. The molecule has 1 N–H and O–H groups in total. The summed E-state index contributed by atoms with van der Waals surface area (Å²) in [4.78, 5) is 13.5. The second kappa shape index (κ2) is 5.06. The smallest absolute Gasteiger partial charge is 0.412 e. The molecular weight excluding hydrogens is 270 g/mol. The molecule has 4 heteroatoms. The van der Waals surface area contributed by atoms with Crippen molar-refractivity contribution in [3.05, 3.63) is 16.0 Å². The van der Waals surface area contributed by atoms with E-state index >= 15 is 0 Å². The Morgan fingerprint density at radius 1 is 1.20 bits per heavy atom. The topological polar surface area (TPSA) is 38.3 Å². The van der Waals surface area contributed by atoms with Gasteiger partial charge in [0.1, 0.15) is 10.6 Å². The summed E-state index contributed by atoms with van der Waals surface area (Å²) in [5.74, 6) is 0.765. The van der Waals surface area contributed by atoms with Crippen molar-refractivity contribution in [3.8, 4) is 0 Å². The van der Waals surface area contributed by atoms with Gasteiger partial charge in [-0.15, -0.1) is 11.3 Å². The van der Waals surface area contributed by atoms with Gasteiger partial charge in [0.05, 0.1) is 0 Å². The van der Waals surface area contributed by atoms with Crippen LogP contribution in [-0.2, 0) is 17.6 Å². The van der Waals surface area contributed by atoms with Crippen LogP contribution in [0.25, 0.3) is 0 Å². The quantitative estimate of drug-likeness (QED) is 0.846. The van der Waals surface area contributed by atoms with Crippen molar-refractivity contribution in [1.82, 2.24) is 0 Å². The van der Waals surface area contributed by atoms with E-state index in [1.807, 2.05) is 20.8 Å². The van der Waals surface area contributed by atoms with Gasteiger partial charge < -0.3 is 4.74 Å². The minimum atomic E-state index is -0.444. The van der Waals surface area contributed by atoms with Crippen LogP contribution in [0.4, 0.5) is 9.80 Å². The third-order valence-corrected chi connectivity index (χ3v) is 5.17. The van der Waals surface area contributed by atoms with E-state index in [1.165, 1.54) is 48.1 Å². The van der Waals surface area contributed by atoms with Gasteiger partial charge in [-0.3, -0.25) is 5.32 Å². The molecule has 2 aliphatic carbocycles. The summed E-state index contributed by atoms with van der Waals surface area (Å²) in [6.45, 7) is 5.68. The molecule has 1 aromatic heterocycles. The lowest BCUT2D eigenvalue weighted by Gasteiger charge is -2.20. The average Bonchev–Trinajstić information content (AvgIpc) is 3.12. The van der Waals surface area contributed by atoms with Gasteiger partial charge in [0.15, 0.2) is 0 Å². The standard InChI is InChI=1S/C16H23NO2S/c1-16(2,3)19-15(18)17-14-12-7-5-4-6-11(12)13(20-14)10-8-9-10/h10H,4-9H2,1-3H3,(H,17,18). The normalized spacial score (nSPS) is 18.6. The minimum absolute atomic E-state index is 0.325. The maximum absolute atomic E-state index is 12.0. The molecule has 2 aliphatic rings. The molecule has 110 valence electrons. The van der Waals surface area contributed by atoms with E-state index in [1.54, 1.807) is 11.3 Å². The highest BCUT2D eigenvalue weighted by Crippen LogP contribution is 2.50. The van der Waals surface area contributed by atoms with E-state index in [0.717, 1.165) is 17.3 Å². The number of amides is 1. The van der Waals surface area contributed by atoms with E-state index in [4.69, 9.17) is 4.74 Å². The Balaban J connectivity index is 1.81. The predicted octanol–water partition coefficient (Wildman–Crippen LogP) is 4.85. The highest BCUT2D eigenvalue weighted by atomic mass is 32.1. The van der Waals surface area contributed by atoms with Crippen molar-refractivity contribution in [2.24, 2.45) is 0 Å². The first-order valence-corrected chi connectivity index (χ1v) is 8.40. The molecule has 1 heterocycles. The summed E-state index contributed by atoms with van der Waals surface area (Å²) < 4.78 is 5.37. The third-order valence-electron chi connectivity index (χ3n) is 3.81. The van der Waals surface area contributed by atoms with Gasteiger partial charge in [-0.25, -0.2) is 4.79 Å². The van der Waals surface area contributed by atoms with Crippen LogP contribution in [0.3, 0.4) is 0 Å². The van der Waals surface area contributed by atoms with E-state index in [-0.39, 0.29) is 6.09 Å². The number of anilines is 1. The van der Waals surface area contributed by atoms with E-state index < -0.39 is 5.60 Å². The molecule has 0 saturated heterocycles. The molecule has 0 atom stereocenters. The first kappa shape index (κ1) is 13.9. The van der Waals surface area contributed by atoms with Crippen molar-refractivity contribution in [3.63, 3.8) is 0 Å². The van der Waals surface area contributed by atoms with Crippen molar-refractivity contribution >= 4 is 22.4 Å². The molecule has 20 heavy (non-hydrogen) atoms. The lowest BCUT2D eigenvalue weighted by atomic mass is 9.92. The molecule has 0 unspecified atom stereocenters. The number of fused-ring (bicyclic) bond motifs is 1. The summed E-state index contributed by atoms with van der Waals surface area (Å²) in [7, 11) is 0. The van der Waals surface area contributed by atoms with E-state index in [2.05, 4.69) is 5.32 Å². The van der Waals surface area contributed by atoms with Crippen LogP contribution >= 0.6 is 11.3 Å².